The number of ether oxygens (including phenoxy) is 1. The van der Waals surface area contributed by atoms with Crippen LogP contribution < -0.4 is 5.32 Å². The van der Waals surface area contributed by atoms with E-state index in [4.69, 9.17) is 4.74 Å². The molecule has 2 N–H and O–H groups in total. The quantitative estimate of drug-likeness (QED) is 0.649. The zero-order chi connectivity index (χ0) is 24.7. The molecule has 0 aromatic heterocycles. The second kappa shape index (κ2) is 9.02. The minimum atomic E-state index is -0.734. The highest BCUT2D eigenvalue weighted by Gasteiger charge is 2.59. The van der Waals surface area contributed by atoms with Crippen LogP contribution in [0.25, 0.3) is 11.1 Å². The van der Waals surface area contributed by atoms with Crippen molar-refractivity contribution in [3.05, 3.63) is 59.7 Å². The number of nitrogens with one attached hydrogen (secondary N) is 1. The summed E-state index contributed by atoms with van der Waals surface area (Å²) >= 11 is 0. The first kappa shape index (κ1) is 23.4. The molecule has 1 saturated heterocycles. The minimum Gasteiger partial charge on any atom is -0.481 e. The largest absolute Gasteiger partial charge is 0.481 e. The summed E-state index contributed by atoms with van der Waals surface area (Å²) in [6.45, 7) is 5.05. The van der Waals surface area contributed by atoms with Crippen LogP contribution in [0.1, 0.15) is 50.2 Å². The molecule has 2 amide bonds. The molecule has 1 saturated carbocycles. The first-order valence-electron chi connectivity index (χ1n) is 12.4. The monoisotopic (exact) mass is 476 g/mol. The fourth-order valence-electron chi connectivity index (χ4n) is 5.90. The van der Waals surface area contributed by atoms with Gasteiger partial charge in [-0.1, -0.05) is 62.4 Å². The molecule has 0 bridgehead atoms. The molecule has 0 radical (unpaired) electrons. The zero-order valence-electron chi connectivity index (χ0n) is 20.2. The van der Waals surface area contributed by atoms with Crippen LogP contribution >= 0.6 is 0 Å². The fraction of sp³-hybridized carbons (Fsp3) is 0.464. The van der Waals surface area contributed by atoms with Crippen molar-refractivity contribution >= 4 is 18.0 Å². The molecule has 35 heavy (non-hydrogen) atoms. The van der Waals surface area contributed by atoms with Gasteiger partial charge >= 0.3 is 12.1 Å². The second-order valence-corrected chi connectivity index (χ2v) is 10.5. The van der Waals surface area contributed by atoms with Crippen LogP contribution in [0.15, 0.2) is 48.5 Å². The van der Waals surface area contributed by atoms with Gasteiger partial charge < -0.3 is 20.1 Å². The molecule has 184 valence electrons. The lowest BCUT2D eigenvalue weighted by molar-refractivity contribution is -0.140. The number of hydrogen-bond donors (Lipinski definition) is 2. The van der Waals surface area contributed by atoms with Crippen molar-refractivity contribution in [2.45, 2.75) is 45.1 Å². The highest BCUT2D eigenvalue weighted by Crippen LogP contribution is 2.59. The van der Waals surface area contributed by atoms with Crippen LogP contribution in [-0.2, 0) is 14.3 Å². The number of benzene rings is 2. The Bertz CT molecular complexity index is 1110. The Morgan fingerprint density at radius 2 is 1.60 bits per heavy atom. The lowest BCUT2D eigenvalue weighted by atomic mass is 9.90. The molecule has 1 heterocycles. The number of carbonyl (C=O) groups is 3. The summed E-state index contributed by atoms with van der Waals surface area (Å²) in [5, 5.41) is 12.1. The average molecular weight is 477 g/mol. The van der Waals surface area contributed by atoms with Crippen molar-refractivity contribution in [2.75, 3.05) is 19.7 Å². The van der Waals surface area contributed by atoms with E-state index in [0.29, 0.717) is 32.4 Å². The summed E-state index contributed by atoms with van der Waals surface area (Å²) in [6, 6.07) is 15.6. The van der Waals surface area contributed by atoms with Crippen molar-refractivity contribution in [1.29, 1.82) is 0 Å². The number of hydrogen-bond acceptors (Lipinski definition) is 4. The maximum atomic E-state index is 13.2. The van der Waals surface area contributed by atoms with E-state index in [1.807, 2.05) is 38.1 Å². The Labute approximate surface area is 205 Å². The van der Waals surface area contributed by atoms with E-state index < -0.39 is 18.1 Å². The number of carbonyl (C=O) groups excluding carboxylic acids is 2. The van der Waals surface area contributed by atoms with E-state index in [1.165, 1.54) is 0 Å². The van der Waals surface area contributed by atoms with E-state index >= 15 is 0 Å². The van der Waals surface area contributed by atoms with Gasteiger partial charge in [-0.25, -0.2) is 4.79 Å². The molecule has 2 aromatic carbocycles. The molecule has 1 spiro atoms. The van der Waals surface area contributed by atoms with Gasteiger partial charge in [0.15, 0.2) is 0 Å². The van der Waals surface area contributed by atoms with Gasteiger partial charge in [0.05, 0.1) is 5.92 Å². The number of rotatable bonds is 6. The van der Waals surface area contributed by atoms with Crippen molar-refractivity contribution in [1.82, 2.24) is 10.2 Å². The van der Waals surface area contributed by atoms with Crippen LogP contribution in [0.2, 0.25) is 0 Å². The topological polar surface area (TPSA) is 95.9 Å². The van der Waals surface area contributed by atoms with E-state index in [0.717, 1.165) is 22.3 Å². The number of piperidine rings is 1. The van der Waals surface area contributed by atoms with Gasteiger partial charge in [0.1, 0.15) is 12.6 Å². The predicted octanol–water partition coefficient (Wildman–Crippen LogP) is 4.26. The molecule has 5 rings (SSSR count). The summed E-state index contributed by atoms with van der Waals surface area (Å²) in [5.74, 6) is -1.29. The maximum absolute atomic E-state index is 13.2. The van der Waals surface area contributed by atoms with Crippen molar-refractivity contribution in [2.24, 2.45) is 17.3 Å². The summed E-state index contributed by atoms with van der Waals surface area (Å²) in [7, 11) is 0. The third-order valence-electron chi connectivity index (χ3n) is 8.11. The Balaban J connectivity index is 1.20. The van der Waals surface area contributed by atoms with E-state index in [-0.39, 0.29) is 35.7 Å². The SMILES string of the molecule is CC(C)[C@@H](NC(=O)OCC1c2ccccc2-c2ccccc21)C(=O)N1CCC2(CC1)CC2C(=O)O. The Morgan fingerprint density at radius 1 is 1.03 bits per heavy atom. The standard InChI is InChI=1S/C28H32N2O5/c1-17(2)24(25(31)30-13-11-28(12-14-30)15-23(28)26(32)33)29-27(34)35-16-22-20-9-5-3-7-18(20)19-8-4-6-10-21(19)22/h3-10,17,22-24H,11-16H2,1-2H3,(H,29,34)(H,32,33)/t23?,24-/m1/s1. The van der Waals surface area contributed by atoms with Crippen molar-refractivity contribution in [3.63, 3.8) is 0 Å². The van der Waals surface area contributed by atoms with Crippen LogP contribution in [0, 0.1) is 17.3 Å². The van der Waals surface area contributed by atoms with Gasteiger partial charge in [-0.2, -0.15) is 0 Å². The van der Waals surface area contributed by atoms with Crippen LogP contribution in [0.5, 0.6) is 0 Å². The number of fused-ring (bicyclic) bond motifs is 3. The van der Waals surface area contributed by atoms with Gasteiger partial charge in [0.25, 0.3) is 0 Å². The molecule has 3 aliphatic rings. The third kappa shape index (κ3) is 4.28. The average Bonchev–Trinajstić information content (AvgIpc) is 3.46. The predicted molar refractivity (Wildman–Crippen MR) is 131 cm³/mol. The highest BCUT2D eigenvalue weighted by molar-refractivity contribution is 5.86. The van der Waals surface area contributed by atoms with Gasteiger partial charge in [0.2, 0.25) is 5.91 Å². The van der Waals surface area contributed by atoms with Crippen molar-refractivity contribution in [3.8, 4) is 11.1 Å². The lowest BCUT2D eigenvalue weighted by Gasteiger charge is -2.35. The molecule has 7 nitrogen and oxygen atoms in total. The normalized spacial score (nSPS) is 20.8. The Morgan fingerprint density at radius 3 is 2.11 bits per heavy atom. The van der Waals surface area contributed by atoms with Crippen LogP contribution in [0.3, 0.4) is 0 Å². The molecular weight excluding hydrogens is 444 g/mol. The van der Waals surface area contributed by atoms with E-state index in [9.17, 15) is 19.5 Å². The third-order valence-corrected chi connectivity index (χ3v) is 8.11. The molecule has 7 heteroatoms. The minimum absolute atomic E-state index is 0.0413. The number of amides is 2. The summed E-state index contributed by atoms with van der Waals surface area (Å²) in [4.78, 5) is 39.1. The van der Waals surface area contributed by atoms with Gasteiger partial charge in [-0.3, -0.25) is 9.59 Å². The highest BCUT2D eigenvalue weighted by atomic mass is 16.5. The van der Waals surface area contributed by atoms with Crippen LogP contribution in [-0.4, -0.2) is 53.7 Å². The molecule has 2 atom stereocenters. The first-order chi connectivity index (χ1) is 16.8. The summed E-state index contributed by atoms with van der Waals surface area (Å²) < 4.78 is 5.66. The van der Waals surface area contributed by atoms with E-state index in [2.05, 4.69) is 29.6 Å². The smallest absolute Gasteiger partial charge is 0.407 e. The Kier molecular flexibility index (Phi) is 6.03. The maximum Gasteiger partial charge on any atom is 0.407 e. The Hall–Kier alpha value is -3.35. The lowest BCUT2D eigenvalue weighted by Crippen LogP contribution is -2.53. The number of likely N-dealkylation sites (tertiary alicyclic amines) is 1. The van der Waals surface area contributed by atoms with Crippen molar-refractivity contribution < 1.29 is 24.2 Å². The van der Waals surface area contributed by atoms with Crippen LogP contribution in [0.4, 0.5) is 4.79 Å². The fourth-order valence-corrected chi connectivity index (χ4v) is 5.90. The zero-order valence-corrected chi connectivity index (χ0v) is 20.2. The van der Waals surface area contributed by atoms with Gasteiger partial charge in [0, 0.05) is 19.0 Å². The summed E-state index contributed by atoms with van der Waals surface area (Å²) in [5.41, 5.74) is 4.46. The second-order valence-electron chi connectivity index (χ2n) is 10.5. The molecule has 2 aromatic rings. The van der Waals surface area contributed by atoms with Gasteiger partial charge in [-0.05, 0) is 52.8 Å². The van der Waals surface area contributed by atoms with Gasteiger partial charge in [-0.15, -0.1) is 0 Å². The van der Waals surface area contributed by atoms with E-state index in [1.54, 1.807) is 4.90 Å². The molecular formula is C28H32N2O5. The number of alkyl carbamates (subject to hydrolysis) is 1. The number of nitrogens with zero attached hydrogens (tertiary/aromatic N) is 1. The number of carboxylic acid groups (broad SMARTS) is 1. The molecule has 2 fully saturated rings. The number of aliphatic carboxylic acids is 1. The summed E-state index contributed by atoms with van der Waals surface area (Å²) in [6.07, 6.45) is 1.51. The molecule has 1 aliphatic heterocycles. The molecule has 2 aliphatic carbocycles. The number of carboxylic acids is 1. The first-order valence-corrected chi connectivity index (χ1v) is 12.4. The molecule has 1 unspecified atom stereocenters.